The predicted molar refractivity (Wildman–Crippen MR) is 91.8 cm³/mol. The van der Waals surface area contributed by atoms with Gasteiger partial charge in [-0.1, -0.05) is 26.7 Å². The largest absolute Gasteiger partial charge is 0.424 e. The van der Waals surface area contributed by atoms with E-state index in [0.29, 0.717) is 19.0 Å². The van der Waals surface area contributed by atoms with Crippen LogP contribution in [0.25, 0.3) is 0 Å². The van der Waals surface area contributed by atoms with Gasteiger partial charge in [-0.25, -0.2) is 0 Å². The highest BCUT2D eigenvalue weighted by molar-refractivity contribution is 8.07. The molecule has 0 fully saturated rings. The molecule has 1 aromatic rings. The average Bonchev–Trinajstić information content (AvgIpc) is 2.48. The van der Waals surface area contributed by atoms with Crippen LogP contribution in [0.1, 0.15) is 40.5 Å². The van der Waals surface area contributed by atoms with Crippen molar-refractivity contribution < 1.29 is 18.5 Å². The fourth-order valence-corrected chi connectivity index (χ4v) is 3.25. The van der Waals surface area contributed by atoms with Crippen molar-refractivity contribution in [1.29, 1.82) is 0 Å². The molecule has 0 aliphatic rings. The Kier molecular flexibility index (Phi) is 11.0. The Labute approximate surface area is 137 Å². The lowest BCUT2D eigenvalue weighted by atomic mass is 10.3. The molecule has 1 rings (SSSR count). The maximum absolute atomic E-state index is 10.5. The van der Waals surface area contributed by atoms with Crippen LogP contribution in [0.2, 0.25) is 0 Å². The number of non-ortho nitro benzene ring substituents is 1. The predicted octanol–water partition coefficient (Wildman–Crippen LogP) is 5.08. The smallest absolute Gasteiger partial charge is 0.380 e. The highest BCUT2D eigenvalue weighted by Gasteiger charge is 2.21. The number of nitro groups is 1. The Hall–Kier alpha value is -1.01. The summed E-state index contributed by atoms with van der Waals surface area (Å²) in [6.07, 6.45) is 2.64. The topological polar surface area (TPSA) is 70.8 Å². The standard InChI is InChI=1S/C10H14NO5PS.C4H10/c1-3-14-17(18,15-4-2)16-10-7-5-9(6-8-10)11(12)13;1-3-4-2/h5-8H,3-4H2,1-2H3;3-4H2,1-2H3. The van der Waals surface area contributed by atoms with Crippen LogP contribution in [0.3, 0.4) is 0 Å². The van der Waals surface area contributed by atoms with Gasteiger partial charge in [0, 0.05) is 23.9 Å². The van der Waals surface area contributed by atoms with Crippen LogP contribution in [0.15, 0.2) is 24.3 Å². The molecular formula is C14H24NO5PS. The summed E-state index contributed by atoms with van der Waals surface area (Å²) in [5.41, 5.74) is -0.0107. The van der Waals surface area contributed by atoms with Crippen molar-refractivity contribution in [3.05, 3.63) is 34.4 Å². The molecule has 0 aliphatic carbocycles. The lowest BCUT2D eigenvalue weighted by Crippen LogP contribution is -2.02. The van der Waals surface area contributed by atoms with Gasteiger partial charge >= 0.3 is 6.72 Å². The van der Waals surface area contributed by atoms with Gasteiger partial charge in [-0.3, -0.25) is 19.2 Å². The van der Waals surface area contributed by atoms with Gasteiger partial charge in [0.15, 0.2) is 0 Å². The van der Waals surface area contributed by atoms with Gasteiger partial charge in [0.2, 0.25) is 0 Å². The molecule has 1 aromatic carbocycles. The first kappa shape index (κ1) is 21.0. The van der Waals surface area contributed by atoms with Gasteiger partial charge in [-0.15, -0.1) is 0 Å². The number of hydrogen-bond donors (Lipinski definition) is 0. The summed E-state index contributed by atoms with van der Waals surface area (Å²) in [5, 5.41) is 10.5. The minimum Gasteiger partial charge on any atom is -0.424 e. The first-order chi connectivity index (χ1) is 10.4. The van der Waals surface area contributed by atoms with Crippen molar-refractivity contribution in [3.63, 3.8) is 0 Å². The molecule has 0 spiro atoms. The quantitative estimate of drug-likeness (QED) is 0.370. The molecule has 22 heavy (non-hydrogen) atoms. The van der Waals surface area contributed by atoms with Crippen molar-refractivity contribution in [1.82, 2.24) is 0 Å². The third-order valence-corrected chi connectivity index (χ3v) is 4.78. The maximum atomic E-state index is 10.5. The molecule has 0 saturated carbocycles. The van der Waals surface area contributed by atoms with E-state index in [-0.39, 0.29) is 5.69 Å². The summed E-state index contributed by atoms with van der Waals surface area (Å²) in [5.74, 6) is 0.394. The number of unbranched alkanes of at least 4 members (excludes halogenated alkanes) is 1. The van der Waals surface area contributed by atoms with E-state index in [4.69, 9.17) is 25.4 Å². The van der Waals surface area contributed by atoms with Crippen LogP contribution >= 0.6 is 6.72 Å². The highest BCUT2D eigenvalue weighted by atomic mass is 32.5. The van der Waals surface area contributed by atoms with Crippen LogP contribution < -0.4 is 4.52 Å². The van der Waals surface area contributed by atoms with Gasteiger partial charge < -0.3 is 4.52 Å². The first-order valence-electron chi connectivity index (χ1n) is 7.25. The van der Waals surface area contributed by atoms with Crippen LogP contribution in [0.5, 0.6) is 5.75 Å². The Morgan fingerprint density at radius 3 is 1.82 bits per heavy atom. The monoisotopic (exact) mass is 349 g/mol. The summed E-state index contributed by atoms with van der Waals surface area (Å²) in [6, 6.07) is 5.62. The molecule has 0 aromatic heterocycles. The third kappa shape index (κ3) is 8.44. The number of benzene rings is 1. The molecule has 0 atom stereocenters. The highest BCUT2D eigenvalue weighted by Crippen LogP contribution is 2.49. The van der Waals surface area contributed by atoms with Gasteiger partial charge in [0.1, 0.15) is 5.75 Å². The Balaban J connectivity index is 0.000000980. The molecule has 0 aliphatic heterocycles. The second-order valence-corrected chi connectivity index (χ2v) is 7.06. The fraction of sp³-hybridized carbons (Fsp3) is 0.571. The van der Waals surface area contributed by atoms with E-state index >= 15 is 0 Å². The second-order valence-electron chi connectivity index (χ2n) is 4.13. The van der Waals surface area contributed by atoms with Gasteiger partial charge in [0.25, 0.3) is 5.69 Å². The number of hydrogen-bond acceptors (Lipinski definition) is 6. The van der Waals surface area contributed by atoms with Crippen LogP contribution in [-0.4, -0.2) is 18.1 Å². The van der Waals surface area contributed by atoms with Crippen LogP contribution in [-0.2, 0) is 20.9 Å². The molecule has 0 heterocycles. The minimum atomic E-state index is -2.82. The average molecular weight is 349 g/mol. The van der Waals surface area contributed by atoms with E-state index in [1.54, 1.807) is 13.8 Å². The van der Waals surface area contributed by atoms with Crippen molar-refractivity contribution in [2.24, 2.45) is 0 Å². The summed E-state index contributed by atoms with van der Waals surface area (Å²) in [7, 11) is 0. The number of nitrogens with zero attached hydrogens (tertiary/aromatic N) is 1. The van der Waals surface area contributed by atoms with Gasteiger partial charge in [0.05, 0.1) is 18.1 Å². The zero-order valence-corrected chi connectivity index (χ0v) is 15.2. The SMILES string of the molecule is CCCC.CCOP(=S)(OCC)Oc1ccc([N+](=O)[O-])cc1. The summed E-state index contributed by atoms with van der Waals surface area (Å²) < 4.78 is 16.1. The van der Waals surface area contributed by atoms with Crippen molar-refractivity contribution in [2.75, 3.05) is 13.2 Å². The first-order valence-corrected chi connectivity index (χ1v) is 9.81. The fourth-order valence-electron chi connectivity index (χ4n) is 1.16. The third-order valence-electron chi connectivity index (χ3n) is 2.34. The molecule has 0 unspecified atom stereocenters. The molecule has 0 bridgehead atoms. The molecule has 0 saturated heterocycles. The Morgan fingerprint density at radius 1 is 1.05 bits per heavy atom. The minimum absolute atomic E-state index is 0.0107. The molecular weight excluding hydrogens is 325 g/mol. The van der Waals surface area contributed by atoms with Gasteiger partial charge in [-0.2, -0.15) is 0 Å². The van der Waals surface area contributed by atoms with E-state index in [2.05, 4.69) is 13.8 Å². The molecule has 6 nitrogen and oxygen atoms in total. The Morgan fingerprint density at radius 2 is 1.50 bits per heavy atom. The van der Waals surface area contributed by atoms with Gasteiger partial charge in [-0.05, 0) is 26.0 Å². The molecule has 0 radical (unpaired) electrons. The van der Waals surface area contributed by atoms with Crippen LogP contribution in [0.4, 0.5) is 5.69 Å². The normalized spacial score (nSPS) is 10.5. The van der Waals surface area contributed by atoms with Crippen LogP contribution in [0, 0.1) is 10.1 Å². The van der Waals surface area contributed by atoms with Crippen molar-refractivity contribution in [2.45, 2.75) is 40.5 Å². The summed E-state index contributed by atoms with van der Waals surface area (Å²) in [6.45, 7) is 5.88. The van der Waals surface area contributed by atoms with Crippen molar-refractivity contribution >= 4 is 24.2 Å². The van der Waals surface area contributed by atoms with E-state index in [1.165, 1.54) is 37.1 Å². The lowest BCUT2D eigenvalue weighted by molar-refractivity contribution is -0.384. The number of rotatable bonds is 8. The lowest BCUT2D eigenvalue weighted by Gasteiger charge is -2.20. The van der Waals surface area contributed by atoms with E-state index in [0.717, 1.165) is 0 Å². The number of nitro benzene ring substituents is 1. The summed E-state index contributed by atoms with van der Waals surface area (Å²) >= 11 is 5.18. The molecule has 0 N–H and O–H groups in total. The summed E-state index contributed by atoms with van der Waals surface area (Å²) in [4.78, 5) is 10.0. The second kappa shape index (κ2) is 11.5. The van der Waals surface area contributed by atoms with Crippen molar-refractivity contribution in [3.8, 4) is 5.75 Å². The van der Waals surface area contributed by atoms with E-state index in [1.807, 2.05) is 0 Å². The van der Waals surface area contributed by atoms with E-state index < -0.39 is 11.6 Å². The maximum Gasteiger partial charge on any atom is 0.380 e. The zero-order chi connectivity index (χ0) is 17.0. The Bertz CT molecular complexity index is 469. The zero-order valence-electron chi connectivity index (χ0n) is 13.5. The van der Waals surface area contributed by atoms with E-state index in [9.17, 15) is 10.1 Å². The molecule has 126 valence electrons. The molecule has 0 amide bonds. The molecule has 8 heteroatoms.